The van der Waals surface area contributed by atoms with Crippen LogP contribution in [0.3, 0.4) is 0 Å². The topological polar surface area (TPSA) is 114 Å². The lowest BCUT2D eigenvalue weighted by Crippen LogP contribution is -2.36. The highest BCUT2D eigenvalue weighted by Crippen LogP contribution is 2.53. The Hall–Kier alpha value is -7.35. The van der Waals surface area contributed by atoms with E-state index in [4.69, 9.17) is 15.0 Å². The molecule has 12 heteroatoms. The van der Waals surface area contributed by atoms with E-state index in [9.17, 15) is 10.2 Å². The van der Waals surface area contributed by atoms with Gasteiger partial charge in [0.1, 0.15) is 29.0 Å². The minimum atomic E-state index is -0.293. The summed E-state index contributed by atoms with van der Waals surface area (Å²) in [6.45, 7) is 0. The second kappa shape index (κ2) is 14.1. The first-order valence-corrected chi connectivity index (χ1v) is 24.6. The Morgan fingerprint density at radius 3 is 1.71 bits per heavy atom. The summed E-state index contributed by atoms with van der Waals surface area (Å²) in [5.74, 6) is 2.19. The number of amidine groups is 3. The van der Waals surface area contributed by atoms with Crippen LogP contribution in [0, 0.1) is 11.8 Å². The van der Waals surface area contributed by atoms with Crippen molar-refractivity contribution in [3.05, 3.63) is 205 Å². The average Bonchev–Trinajstić information content (AvgIpc) is 4.20. The number of rotatable bonds is 7. The molecule has 310 valence electrons. The third-order valence-electron chi connectivity index (χ3n) is 12.9. The molecule has 0 bridgehead atoms. The second-order valence-electron chi connectivity index (χ2n) is 16.4. The van der Waals surface area contributed by atoms with Crippen LogP contribution in [0.4, 0.5) is 22.7 Å². The van der Waals surface area contributed by atoms with Crippen molar-refractivity contribution in [3.63, 3.8) is 0 Å². The molecule has 2 unspecified atom stereocenters. The van der Waals surface area contributed by atoms with Crippen LogP contribution in [0.1, 0.15) is 20.9 Å². The fourth-order valence-corrected chi connectivity index (χ4v) is 13.5. The van der Waals surface area contributed by atoms with E-state index in [1.807, 2.05) is 36.4 Å². The van der Waals surface area contributed by atoms with Crippen molar-refractivity contribution in [1.82, 2.24) is 5.32 Å². The molecule has 3 aliphatic heterocycles. The zero-order chi connectivity index (χ0) is 42.9. The maximum Gasteiger partial charge on any atom is 0.148 e. The molecule has 0 spiro atoms. The first kappa shape index (κ1) is 37.1. The minimum Gasteiger partial charge on any atom is -0.507 e. The Balaban J connectivity index is 0.764. The number of hydrogen-bond acceptors (Lipinski definition) is 12. The van der Waals surface area contributed by atoms with Gasteiger partial charge >= 0.3 is 0 Å². The fraction of sp³-hybridized carbons (Fsp3) is 0.0377. The minimum absolute atomic E-state index is 0.109. The number of hydrogen-bond donors (Lipinski definition) is 5. The summed E-state index contributed by atoms with van der Waals surface area (Å²) >= 11 is 6.93. The zero-order valence-electron chi connectivity index (χ0n) is 34.0. The van der Waals surface area contributed by atoms with E-state index in [-0.39, 0.29) is 23.4 Å². The highest BCUT2D eigenvalue weighted by Gasteiger charge is 2.43. The van der Waals surface area contributed by atoms with Crippen LogP contribution in [-0.4, -0.2) is 27.7 Å². The molecule has 5 N–H and O–H groups in total. The summed E-state index contributed by atoms with van der Waals surface area (Å²) < 4.78 is 0. The standard InChI is InChI=1S/C53H32N6O2S4/c60-49-47(50(61)48(49)30-15-18-36-45-27(30)7-2-10-33(45)56-52(58-36)42-22-20-40(64-42)38-12-4-24-62-38)29-14-17-35-44-26(29)6-1-9-32(44)54-51(55-35)31-16-19-37-46-28(31)8-3-11-34(46)57-53(59-37)43-23-21-41(65-43)39-13-5-25-63-39/h1-26,29,60-61H,(H,54,55)(H,56,58)(H,57,59). The molecule has 0 saturated heterocycles. The molecule has 65 heavy (non-hydrogen) atoms. The number of thiophene rings is 4. The molecular formula is C53H32N6O2S4. The smallest absolute Gasteiger partial charge is 0.148 e. The third-order valence-corrected chi connectivity index (χ3v) is 17.2. The zero-order valence-corrected chi connectivity index (χ0v) is 37.2. The van der Waals surface area contributed by atoms with Crippen molar-refractivity contribution in [2.24, 2.45) is 26.8 Å². The Morgan fingerprint density at radius 2 is 1.09 bits per heavy atom. The van der Waals surface area contributed by atoms with Gasteiger partial charge in [-0.15, -0.1) is 45.3 Å². The van der Waals surface area contributed by atoms with Gasteiger partial charge in [0.15, 0.2) is 0 Å². The Kier molecular flexibility index (Phi) is 8.03. The lowest BCUT2D eigenvalue weighted by molar-refractivity contribution is 0.346. The molecule has 6 aliphatic rings. The van der Waals surface area contributed by atoms with Crippen molar-refractivity contribution in [3.8, 4) is 19.5 Å². The third kappa shape index (κ3) is 5.61. The van der Waals surface area contributed by atoms with Crippen molar-refractivity contribution >= 4 is 113 Å². The summed E-state index contributed by atoms with van der Waals surface area (Å²) in [5.41, 5.74) is 9.30. The molecule has 0 amide bonds. The molecule has 8 nitrogen and oxygen atoms in total. The molecule has 14 rings (SSSR count). The van der Waals surface area contributed by atoms with Gasteiger partial charge in [-0.05, 0) is 106 Å². The Bertz CT molecular complexity index is 3720. The lowest BCUT2D eigenvalue weighted by atomic mass is 9.69. The maximum absolute atomic E-state index is 11.9. The van der Waals surface area contributed by atoms with E-state index < -0.39 is 0 Å². The largest absolute Gasteiger partial charge is 0.507 e. The Labute approximate surface area is 388 Å². The number of allylic oxidation sites excluding steroid dienone is 8. The summed E-state index contributed by atoms with van der Waals surface area (Å²) in [6, 6.07) is 37.6. The first-order valence-electron chi connectivity index (χ1n) is 21.2. The number of benzene rings is 4. The second-order valence-corrected chi connectivity index (χ2v) is 20.5. The molecule has 8 aromatic rings. The predicted molar refractivity (Wildman–Crippen MR) is 272 cm³/mol. The van der Waals surface area contributed by atoms with Gasteiger partial charge in [0.25, 0.3) is 0 Å². The van der Waals surface area contributed by atoms with Crippen LogP contribution in [0.25, 0.3) is 46.6 Å². The number of aliphatic imine (C=N–C) groups is 3. The number of nitrogens with one attached hydrogen (secondary N) is 3. The van der Waals surface area contributed by atoms with Gasteiger partial charge in [-0.1, -0.05) is 60.7 Å². The highest BCUT2D eigenvalue weighted by molar-refractivity contribution is 7.23. The van der Waals surface area contributed by atoms with E-state index >= 15 is 0 Å². The summed E-state index contributed by atoms with van der Waals surface area (Å²) in [5, 5.41) is 42.9. The number of aliphatic hydroxyl groups excluding tert-OH is 2. The predicted octanol–water partition coefficient (Wildman–Crippen LogP) is 14.2. The summed E-state index contributed by atoms with van der Waals surface area (Å²) in [7, 11) is 0. The molecule has 0 radical (unpaired) electrons. The van der Waals surface area contributed by atoms with Crippen LogP contribution in [-0.2, 0) is 0 Å². The normalized spacial score (nSPS) is 19.0. The lowest BCUT2D eigenvalue weighted by Gasteiger charge is -2.38. The summed E-state index contributed by atoms with van der Waals surface area (Å²) in [4.78, 5) is 22.5. The molecule has 4 aromatic heterocycles. The fourth-order valence-electron chi connectivity index (χ4n) is 9.95. The quantitative estimate of drug-likeness (QED) is 0.109. The highest BCUT2D eigenvalue weighted by atomic mass is 32.1. The number of anilines is 2. The van der Waals surface area contributed by atoms with Gasteiger partial charge in [-0.25, -0.2) is 15.0 Å². The SMILES string of the molecule is OC1=C(c2ccc3c4c(cccc24)N=C(c2ccc(-c4cccs4)s2)N3)C(O)=C1C1C=CC2=C3C(=CC=CC31)NC(c1ccc3c4c(cccc14)N=C(c1ccc(-c4cccs4)s1)N3)=N2. The monoisotopic (exact) mass is 912 g/mol. The molecule has 2 atom stereocenters. The van der Waals surface area contributed by atoms with Crippen molar-refractivity contribution in [1.29, 1.82) is 0 Å². The van der Waals surface area contributed by atoms with Crippen LogP contribution in [0.2, 0.25) is 0 Å². The molecule has 7 heterocycles. The number of nitrogens with zero attached hydrogens (tertiary/aromatic N) is 3. The van der Waals surface area contributed by atoms with E-state index in [2.05, 4.69) is 130 Å². The molecule has 4 aromatic carbocycles. The van der Waals surface area contributed by atoms with Gasteiger partial charge < -0.3 is 26.2 Å². The average molecular weight is 913 g/mol. The maximum atomic E-state index is 11.9. The molecule has 3 aliphatic carbocycles. The van der Waals surface area contributed by atoms with E-state index in [0.717, 1.165) is 99.6 Å². The van der Waals surface area contributed by atoms with Crippen molar-refractivity contribution in [2.45, 2.75) is 0 Å². The Morgan fingerprint density at radius 1 is 0.492 bits per heavy atom. The van der Waals surface area contributed by atoms with E-state index in [0.29, 0.717) is 11.1 Å². The van der Waals surface area contributed by atoms with Crippen molar-refractivity contribution < 1.29 is 10.2 Å². The van der Waals surface area contributed by atoms with Crippen LogP contribution in [0.5, 0.6) is 0 Å². The van der Waals surface area contributed by atoms with Crippen molar-refractivity contribution in [2.75, 3.05) is 10.6 Å². The van der Waals surface area contributed by atoms with Gasteiger partial charge in [-0.2, -0.15) is 0 Å². The van der Waals surface area contributed by atoms with Gasteiger partial charge in [0.05, 0.1) is 32.4 Å². The molecule has 0 saturated carbocycles. The molecule has 0 fully saturated rings. The first-order chi connectivity index (χ1) is 32.0. The van der Waals surface area contributed by atoms with Crippen LogP contribution in [0.15, 0.2) is 199 Å². The van der Waals surface area contributed by atoms with E-state index in [1.54, 1.807) is 45.3 Å². The summed E-state index contributed by atoms with van der Waals surface area (Å²) in [6.07, 6.45) is 10.4. The van der Waals surface area contributed by atoms with Crippen LogP contribution < -0.4 is 16.0 Å². The van der Waals surface area contributed by atoms with E-state index in [1.165, 1.54) is 19.5 Å². The van der Waals surface area contributed by atoms with Crippen LogP contribution >= 0.6 is 45.3 Å². The van der Waals surface area contributed by atoms with Gasteiger partial charge in [0, 0.05) is 75.9 Å². The number of aliphatic hydroxyl groups is 2. The molecular weight excluding hydrogens is 881 g/mol. The van der Waals surface area contributed by atoms with Gasteiger partial charge in [0.2, 0.25) is 0 Å². The van der Waals surface area contributed by atoms with Gasteiger partial charge in [-0.3, -0.25) is 0 Å².